The third kappa shape index (κ3) is 5.32. The molecule has 0 atom stereocenters. The second kappa shape index (κ2) is 9.80. The largest absolute Gasteiger partial charge is 0.454 e. The third-order valence-electron chi connectivity index (χ3n) is 5.68. The molecule has 1 N–H and O–H groups in total. The Balaban J connectivity index is 1.21. The van der Waals surface area contributed by atoms with E-state index in [1.165, 1.54) is 40.0 Å². The number of aromatic nitrogens is 4. The highest BCUT2D eigenvalue weighted by Gasteiger charge is 2.30. The molecule has 1 aliphatic rings. The molecule has 0 fully saturated rings. The molecule has 0 unspecified atom stereocenters. The second-order valence-corrected chi connectivity index (χ2v) is 8.22. The Labute approximate surface area is 207 Å². The minimum Gasteiger partial charge on any atom is -0.454 e. The summed E-state index contributed by atoms with van der Waals surface area (Å²) in [5, 5.41) is 7.14. The van der Waals surface area contributed by atoms with Crippen LogP contribution in [0.1, 0.15) is 16.7 Å². The highest BCUT2D eigenvalue weighted by atomic mass is 19.4. The maximum atomic E-state index is 13.0. The molecule has 0 spiro atoms. The number of benzene rings is 2. The van der Waals surface area contributed by atoms with Crippen LogP contribution >= 0.6 is 0 Å². The van der Waals surface area contributed by atoms with Crippen LogP contribution in [0.15, 0.2) is 65.9 Å². The summed E-state index contributed by atoms with van der Waals surface area (Å²) in [5.74, 6) is 0.962. The average Bonchev–Trinajstić information content (AvgIpc) is 3.51. The average molecular weight is 511 g/mol. The first-order valence-electron chi connectivity index (χ1n) is 11.2. The van der Waals surface area contributed by atoms with Gasteiger partial charge in [-0.2, -0.15) is 18.3 Å². The summed E-state index contributed by atoms with van der Waals surface area (Å²) in [5.41, 5.74) is 0.206. The van der Waals surface area contributed by atoms with Crippen molar-refractivity contribution in [2.45, 2.75) is 19.3 Å². The zero-order valence-corrected chi connectivity index (χ0v) is 19.2. The number of hydrogen-bond acceptors (Lipinski definition) is 6. The van der Waals surface area contributed by atoms with E-state index in [4.69, 9.17) is 9.47 Å². The summed E-state index contributed by atoms with van der Waals surface area (Å²) < 4.78 is 52.2. The maximum Gasteiger partial charge on any atom is 0.416 e. The first kappa shape index (κ1) is 24.1. The third-order valence-corrected chi connectivity index (χ3v) is 5.68. The highest BCUT2D eigenvalue weighted by Crippen LogP contribution is 2.33. The Morgan fingerprint density at radius 1 is 1.14 bits per heavy atom. The van der Waals surface area contributed by atoms with Crippen molar-refractivity contribution in [2.24, 2.45) is 0 Å². The van der Waals surface area contributed by atoms with Crippen LogP contribution in [0.4, 0.5) is 13.2 Å². The molecule has 12 heteroatoms. The van der Waals surface area contributed by atoms with Gasteiger partial charge in [-0.05, 0) is 41.5 Å². The molecule has 0 aliphatic carbocycles. The van der Waals surface area contributed by atoms with Gasteiger partial charge < -0.3 is 14.8 Å². The monoisotopic (exact) mass is 511 g/mol. The smallest absolute Gasteiger partial charge is 0.416 e. The van der Waals surface area contributed by atoms with Gasteiger partial charge >= 0.3 is 6.18 Å². The zero-order chi connectivity index (χ0) is 26.0. The molecule has 1 aliphatic heterocycles. The van der Waals surface area contributed by atoms with E-state index in [0.717, 1.165) is 17.7 Å². The Morgan fingerprint density at radius 2 is 1.97 bits per heavy atom. The summed E-state index contributed by atoms with van der Waals surface area (Å²) >= 11 is 0. The molecular weight excluding hydrogens is 491 g/mol. The van der Waals surface area contributed by atoms with E-state index in [1.807, 2.05) is 0 Å². The summed E-state index contributed by atoms with van der Waals surface area (Å²) in [4.78, 5) is 29.3. The summed E-state index contributed by atoms with van der Waals surface area (Å²) in [6.45, 7) is 0.597. The van der Waals surface area contributed by atoms with E-state index in [2.05, 4.69) is 15.4 Å². The molecule has 5 rings (SSSR count). The lowest BCUT2D eigenvalue weighted by atomic mass is 10.1. The van der Waals surface area contributed by atoms with Crippen LogP contribution < -0.4 is 20.3 Å². The number of halogens is 3. The number of rotatable bonds is 7. The van der Waals surface area contributed by atoms with Crippen molar-refractivity contribution in [3.63, 3.8) is 0 Å². The lowest BCUT2D eigenvalue weighted by Gasteiger charge is -2.10. The number of nitrogens with zero attached hydrogens (tertiary/aromatic N) is 4. The molecule has 0 bridgehead atoms. The number of ether oxygens (including phenoxy) is 2. The van der Waals surface area contributed by atoms with E-state index in [9.17, 15) is 22.8 Å². The minimum absolute atomic E-state index is 0.0668. The molecule has 190 valence electrons. The first-order valence-corrected chi connectivity index (χ1v) is 11.2. The van der Waals surface area contributed by atoms with Crippen LogP contribution in [0, 0.1) is 0 Å². The number of amides is 1. The van der Waals surface area contributed by atoms with Crippen molar-refractivity contribution in [3.05, 3.63) is 88.1 Å². The van der Waals surface area contributed by atoms with Crippen molar-refractivity contribution in [3.8, 4) is 11.5 Å². The number of nitrogens with one attached hydrogen (secondary N) is 1. The van der Waals surface area contributed by atoms with Crippen LogP contribution in [-0.2, 0) is 24.1 Å². The molecule has 1 amide bonds. The SMILES string of the molecule is O=C(/C=C\c1ccc2c(c1)OCO2)NCCn1ncc2c(=O)n(Cc3cccc(C(F)(F)F)c3)cnc21. The number of hydrogen-bond donors (Lipinski definition) is 1. The molecule has 0 saturated heterocycles. The minimum atomic E-state index is -4.47. The lowest BCUT2D eigenvalue weighted by molar-refractivity contribution is -0.137. The van der Waals surface area contributed by atoms with Crippen molar-refractivity contribution >= 4 is 23.0 Å². The second-order valence-electron chi connectivity index (χ2n) is 8.22. The molecule has 2 aromatic carbocycles. The van der Waals surface area contributed by atoms with E-state index in [-0.39, 0.29) is 37.7 Å². The van der Waals surface area contributed by atoms with Crippen LogP contribution in [0.3, 0.4) is 0 Å². The van der Waals surface area contributed by atoms with Gasteiger partial charge in [0.25, 0.3) is 5.56 Å². The predicted molar refractivity (Wildman–Crippen MR) is 127 cm³/mol. The van der Waals surface area contributed by atoms with Gasteiger partial charge in [0.2, 0.25) is 12.7 Å². The Morgan fingerprint density at radius 3 is 2.81 bits per heavy atom. The molecule has 0 saturated carbocycles. The standard InChI is InChI=1S/C25H20F3N5O4/c26-25(27,28)18-3-1-2-17(10-18)13-32-14-30-23-19(24(32)35)12-31-33(23)9-8-29-22(34)7-5-16-4-6-20-21(11-16)37-15-36-20/h1-7,10-12,14H,8-9,13,15H2,(H,29,34)/b7-5-. The van der Waals surface area contributed by atoms with Crippen molar-refractivity contribution < 1.29 is 27.4 Å². The summed E-state index contributed by atoms with van der Waals surface area (Å²) in [6.07, 6.45) is 1.20. The molecule has 3 heterocycles. The number of fused-ring (bicyclic) bond motifs is 2. The molecule has 4 aromatic rings. The van der Waals surface area contributed by atoms with Gasteiger partial charge in [0, 0.05) is 12.6 Å². The van der Waals surface area contributed by atoms with Gasteiger partial charge in [0.05, 0.1) is 24.8 Å². The number of carbonyl (C=O) groups excluding carboxylic acids is 1. The number of carbonyl (C=O) groups is 1. The summed E-state index contributed by atoms with van der Waals surface area (Å²) in [6, 6.07) is 10.1. The molecule has 9 nitrogen and oxygen atoms in total. The molecule has 37 heavy (non-hydrogen) atoms. The lowest BCUT2D eigenvalue weighted by Crippen LogP contribution is -2.26. The Hall–Kier alpha value is -4.61. The van der Waals surface area contributed by atoms with Gasteiger partial charge in [-0.25, -0.2) is 9.67 Å². The van der Waals surface area contributed by atoms with Crippen molar-refractivity contribution in [2.75, 3.05) is 13.3 Å². The first-order chi connectivity index (χ1) is 17.8. The molecule has 0 radical (unpaired) electrons. The zero-order valence-electron chi connectivity index (χ0n) is 19.2. The van der Waals surface area contributed by atoms with Crippen LogP contribution in [0.5, 0.6) is 11.5 Å². The van der Waals surface area contributed by atoms with Gasteiger partial charge in [0.1, 0.15) is 11.7 Å². The van der Waals surface area contributed by atoms with E-state index >= 15 is 0 Å². The van der Waals surface area contributed by atoms with E-state index < -0.39 is 17.3 Å². The maximum absolute atomic E-state index is 13.0. The number of alkyl halides is 3. The highest BCUT2D eigenvalue weighted by molar-refractivity contribution is 5.91. The topological polar surface area (TPSA) is 100 Å². The Bertz CT molecular complexity index is 1560. The van der Waals surface area contributed by atoms with Crippen LogP contribution in [0.25, 0.3) is 17.1 Å². The van der Waals surface area contributed by atoms with Gasteiger partial charge in [-0.1, -0.05) is 18.2 Å². The fraction of sp³-hybridized carbons (Fsp3) is 0.200. The molecule has 2 aromatic heterocycles. The quantitative estimate of drug-likeness (QED) is 0.383. The predicted octanol–water partition coefficient (Wildman–Crippen LogP) is 3.22. The van der Waals surface area contributed by atoms with Crippen LogP contribution in [-0.4, -0.2) is 38.6 Å². The van der Waals surface area contributed by atoms with Gasteiger partial charge in [0.15, 0.2) is 17.1 Å². The van der Waals surface area contributed by atoms with Gasteiger partial charge in [-0.15, -0.1) is 0 Å². The fourth-order valence-electron chi connectivity index (χ4n) is 3.85. The van der Waals surface area contributed by atoms with Crippen LogP contribution in [0.2, 0.25) is 0 Å². The van der Waals surface area contributed by atoms with E-state index in [1.54, 1.807) is 24.3 Å². The van der Waals surface area contributed by atoms with Gasteiger partial charge in [-0.3, -0.25) is 14.2 Å². The van der Waals surface area contributed by atoms with Crippen molar-refractivity contribution in [1.82, 2.24) is 24.6 Å². The molecular formula is C25H20F3N5O4. The summed E-state index contributed by atoms with van der Waals surface area (Å²) in [7, 11) is 0. The van der Waals surface area contributed by atoms with E-state index in [0.29, 0.717) is 22.7 Å². The normalized spacial score (nSPS) is 12.9. The fourth-order valence-corrected chi connectivity index (χ4v) is 3.85. The Kier molecular flexibility index (Phi) is 6.38. The van der Waals surface area contributed by atoms with Crippen molar-refractivity contribution in [1.29, 1.82) is 0 Å².